The van der Waals surface area contributed by atoms with E-state index in [1.165, 1.54) is 0 Å². The summed E-state index contributed by atoms with van der Waals surface area (Å²) in [6.07, 6.45) is -4.52. The van der Waals surface area contributed by atoms with Crippen molar-refractivity contribution in [3.8, 4) is 0 Å². The fraction of sp³-hybridized carbons (Fsp3) is 0.111. The van der Waals surface area contributed by atoms with Crippen molar-refractivity contribution in [1.82, 2.24) is 0 Å². The average molecular weight is 220 g/mol. The molecule has 0 atom stereocenters. The lowest BCUT2D eigenvalue weighted by molar-refractivity contribution is -0.137. The van der Waals surface area contributed by atoms with Crippen molar-refractivity contribution in [3.05, 3.63) is 35.4 Å². The molecule has 6 heteroatoms. The predicted molar refractivity (Wildman–Crippen MR) is 45.5 cm³/mol. The van der Waals surface area contributed by atoms with Crippen LogP contribution in [0.5, 0.6) is 0 Å². The molecule has 82 valence electrons. The quantitative estimate of drug-likeness (QED) is 0.428. The van der Waals surface area contributed by atoms with E-state index in [2.05, 4.69) is 0 Å². The van der Waals surface area contributed by atoms with Crippen molar-refractivity contribution >= 4 is 12.1 Å². The third-order valence-corrected chi connectivity index (χ3v) is 1.58. The molecule has 0 radical (unpaired) electrons. The topological polar surface area (TPSA) is 65.6 Å². The van der Waals surface area contributed by atoms with E-state index < -0.39 is 17.5 Å². The zero-order valence-electron chi connectivity index (χ0n) is 7.34. The summed E-state index contributed by atoms with van der Waals surface area (Å²) in [5.74, 6) is -0.962. The Morgan fingerprint density at radius 2 is 1.87 bits per heavy atom. The molecule has 0 spiro atoms. The van der Waals surface area contributed by atoms with Crippen LogP contribution in [-0.4, -0.2) is 17.5 Å². The van der Waals surface area contributed by atoms with Gasteiger partial charge >= 0.3 is 6.18 Å². The SMILES string of the molecule is O.O=CC(=O)c1cccc(C(F)(F)F)c1. The Kier molecular flexibility index (Phi) is 4.17. The summed E-state index contributed by atoms with van der Waals surface area (Å²) in [5, 5.41) is 0. The molecule has 0 unspecified atom stereocenters. The monoisotopic (exact) mass is 220 g/mol. The second-order valence-electron chi connectivity index (χ2n) is 2.56. The van der Waals surface area contributed by atoms with E-state index >= 15 is 0 Å². The standard InChI is InChI=1S/C9H5F3O2.H2O/c10-9(11,12)7-3-1-2-6(4-7)8(14)5-13;/h1-5H;1H2. The van der Waals surface area contributed by atoms with E-state index in [0.717, 1.165) is 18.2 Å². The molecule has 0 amide bonds. The van der Waals surface area contributed by atoms with Crippen molar-refractivity contribution in [1.29, 1.82) is 0 Å². The lowest BCUT2D eigenvalue weighted by Crippen LogP contribution is -2.07. The van der Waals surface area contributed by atoms with Crippen LogP contribution in [0.1, 0.15) is 15.9 Å². The van der Waals surface area contributed by atoms with E-state index in [-0.39, 0.29) is 17.3 Å². The molecule has 1 aromatic carbocycles. The molecule has 0 aliphatic carbocycles. The maximum absolute atomic E-state index is 12.1. The summed E-state index contributed by atoms with van der Waals surface area (Å²) < 4.78 is 36.4. The van der Waals surface area contributed by atoms with Gasteiger partial charge in [-0.15, -0.1) is 0 Å². The Hall–Kier alpha value is -1.69. The largest absolute Gasteiger partial charge is 0.416 e. The Labute approximate surface area is 82.8 Å². The van der Waals surface area contributed by atoms with Gasteiger partial charge in [0.25, 0.3) is 0 Å². The average Bonchev–Trinajstić information content (AvgIpc) is 2.15. The van der Waals surface area contributed by atoms with E-state index in [1.807, 2.05) is 0 Å². The minimum atomic E-state index is -4.50. The molecule has 0 aromatic heterocycles. The van der Waals surface area contributed by atoms with Gasteiger partial charge in [-0.1, -0.05) is 12.1 Å². The maximum atomic E-state index is 12.1. The highest BCUT2D eigenvalue weighted by atomic mass is 19.4. The number of ketones is 1. The molecular formula is C9H7F3O3. The molecule has 0 saturated carbocycles. The van der Waals surface area contributed by atoms with Crippen LogP contribution in [0.4, 0.5) is 13.2 Å². The van der Waals surface area contributed by atoms with Crippen LogP contribution in [0.2, 0.25) is 0 Å². The number of benzene rings is 1. The minimum absolute atomic E-state index is 0. The molecule has 1 rings (SSSR count). The van der Waals surface area contributed by atoms with Crippen molar-refractivity contribution in [3.63, 3.8) is 0 Å². The summed E-state index contributed by atoms with van der Waals surface area (Å²) in [6.45, 7) is 0. The first kappa shape index (κ1) is 13.3. The molecule has 0 bridgehead atoms. The summed E-state index contributed by atoms with van der Waals surface area (Å²) in [4.78, 5) is 20.8. The lowest BCUT2D eigenvalue weighted by atomic mass is 10.1. The smallest absolute Gasteiger partial charge is 0.412 e. The van der Waals surface area contributed by atoms with Crippen molar-refractivity contribution in [2.75, 3.05) is 0 Å². The van der Waals surface area contributed by atoms with Gasteiger partial charge in [-0.05, 0) is 12.1 Å². The number of Topliss-reactive ketones (excluding diaryl/α,β-unsaturated/α-hetero) is 1. The number of rotatable bonds is 2. The zero-order valence-corrected chi connectivity index (χ0v) is 7.34. The third-order valence-electron chi connectivity index (χ3n) is 1.58. The van der Waals surface area contributed by atoms with Gasteiger partial charge in [-0.3, -0.25) is 9.59 Å². The van der Waals surface area contributed by atoms with E-state index in [9.17, 15) is 22.8 Å². The minimum Gasteiger partial charge on any atom is -0.412 e. The fourth-order valence-electron chi connectivity index (χ4n) is 0.917. The van der Waals surface area contributed by atoms with Gasteiger partial charge in [0, 0.05) is 5.56 Å². The molecule has 0 fully saturated rings. The van der Waals surface area contributed by atoms with Gasteiger partial charge in [0.15, 0.2) is 6.29 Å². The lowest BCUT2D eigenvalue weighted by Gasteiger charge is -2.06. The first-order valence-electron chi connectivity index (χ1n) is 3.62. The molecule has 0 aliphatic rings. The van der Waals surface area contributed by atoms with Gasteiger partial charge in [0.2, 0.25) is 5.78 Å². The molecule has 1 aromatic rings. The highest BCUT2D eigenvalue weighted by Crippen LogP contribution is 2.29. The first-order valence-corrected chi connectivity index (χ1v) is 3.62. The van der Waals surface area contributed by atoms with E-state index in [0.29, 0.717) is 6.07 Å². The summed E-state index contributed by atoms with van der Waals surface area (Å²) >= 11 is 0. The highest BCUT2D eigenvalue weighted by Gasteiger charge is 2.30. The molecule has 0 heterocycles. The van der Waals surface area contributed by atoms with E-state index in [4.69, 9.17) is 0 Å². The molecule has 2 N–H and O–H groups in total. The summed E-state index contributed by atoms with van der Waals surface area (Å²) in [5.41, 5.74) is -1.19. The molecule has 0 saturated heterocycles. The van der Waals surface area contributed by atoms with Gasteiger partial charge in [0.05, 0.1) is 5.56 Å². The van der Waals surface area contributed by atoms with Gasteiger partial charge in [0.1, 0.15) is 0 Å². The van der Waals surface area contributed by atoms with Crippen molar-refractivity contribution in [2.24, 2.45) is 0 Å². The Bertz CT molecular complexity index is 371. The number of hydrogen-bond acceptors (Lipinski definition) is 2. The second kappa shape index (κ2) is 4.70. The first-order chi connectivity index (χ1) is 6.45. The van der Waals surface area contributed by atoms with Gasteiger partial charge in [-0.25, -0.2) is 0 Å². The number of carbonyl (C=O) groups excluding carboxylic acids is 2. The number of aldehydes is 1. The zero-order chi connectivity index (χ0) is 10.8. The molecule has 0 aliphatic heterocycles. The number of carbonyl (C=O) groups is 2. The van der Waals surface area contributed by atoms with Crippen molar-refractivity contribution < 1.29 is 28.2 Å². The number of halogens is 3. The molecular weight excluding hydrogens is 213 g/mol. The van der Waals surface area contributed by atoms with Gasteiger partial charge < -0.3 is 5.48 Å². The van der Waals surface area contributed by atoms with Gasteiger partial charge in [-0.2, -0.15) is 13.2 Å². The highest BCUT2D eigenvalue weighted by molar-refractivity contribution is 6.33. The summed E-state index contributed by atoms with van der Waals surface area (Å²) in [6, 6.07) is 3.73. The van der Waals surface area contributed by atoms with Crippen LogP contribution >= 0.6 is 0 Å². The van der Waals surface area contributed by atoms with E-state index in [1.54, 1.807) is 0 Å². The van der Waals surface area contributed by atoms with Crippen LogP contribution in [0.25, 0.3) is 0 Å². The molecule has 15 heavy (non-hydrogen) atoms. The normalized spacial score (nSPS) is 10.3. The van der Waals surface area contributed by atoms with Crippen LogP contribution in [0.3, 0.4) is 0 Å². The fourth-order valence-corrected chi connectivity index (χ4v) is 0.917. The predicted octanol–water partition coefficient (Wildman–Crippen LogP) is 1.26. The van der Waals surface area contributed by atoms with Crippen LogP contribution in [-0.2, 0) is 11.0 Å². The maximum Gasteiger partial charge on any atom is 0.416 e. The van der Waals surface area contributed by atoms with Crippen LogP contribution < -0.4 is 0 Å². The second-order valence-corrected chi connectivity index (χ2v) is 2.56. The molecule has 3 nitrogen and oxygen atoms in total. The number of alkyl halides is 3. The van der Waals surface area contributed by atoms with Crippen LogP contribution in [0.15, 0.2) is 24.3 Å². The van der Waals surface area contributed by atoms with Crippen molar-refractivity contribution in [2.45, 2.75) is 6.18 Å². The number of hydrogen-bond donors (Lipinski definition) is 0. The summed E-state index contributed by atoms with van der Waals surface area (Å²) in [7, 11) is 0. The third kappa shape index (κ3) is 3.17. The Balaban J connectivity index is 0.00000196. The Morgan fingerprint density at radius 1 is 1.27 bits per heavy atom. The van der Waals surface area contributed by atoms with Crippen LogP contribution in [0, 0.1) is 0 Å². The Morgan fingerprint density at radius 3 is 2.33 bits per heavy atom.